The molecule has 0 fully saturated rings. The topological polar surface area (TPSA) is 9.23 Å². The monoisotopic (exact) mass is 240 g/mol. The van der Waals surface area contributed by atoms with Crippen molar-refractivity contribution >= 4 is 0 Å². The van der Waals surface area contributed by atoms with Gasteiger partial charge in [-0.25, -0.2) is 0 Å². The van der Waals surface area contributed by atoms with Crippen molar-refractivity contribution in [1.29, 1.82) is 0 Å². The van der Waals surface area contributed by atoms with Gasteiger partial charge in [-0.3, -0.25) is 0 Å². The summed E-state index contributed by atoms with van der Waals surface area (Å²) in [5, 5.41) is 0. The van der Waals surface area contributed by atoms with Crippen molar-refractivity contribution in [1.82, 2.24) is 0 Å². The van der Waals surface area contributed by atoms with E-state index in [0.29, 0.717) is 0 Å². The number of rotatable bonds is 3. The molecule has 1 nitrogen and oxygen atoms in total. The predicted molar refractivity (Wildman–Crippen MR) is 81.0 cm³/mol. The van der Waals surface area contributed by atoms with Crippen LogP contribution < -0.4 is 4.74 Å². The van der Waals surface area contributed by atoms with E-state index < -0.39 is 0 Å². The summed E-state index contributed by atoms with van der Waals surface area (Å²) < 4.78 is 5.35. The van der Waals surface area contributed by atoms with E-state index in [4.69, 9.17) is 4.74 Å². The fourth-order valence-electron chi connectivity index (χ4n) is 1.02. The molecule has 0 heterocycles. The minimum atomic E-state index is 0.743. The fourth-order valence-corrected chi connectivity index (χ4v) is 1.02. The van der Waals surface area contributed by atoms with Crippen LogP contribution in [0, 0.1) is 0 Å². The van der Waals surface area contributed by atoms with Crippen molar-refractivity contribution in [2.45, 2.75) is 61.8 Å². The number of hydrogen-bond acceptors (Lipinski definition) is 1. The highest BCUT2D eigenvalue weighted by atomic mass is 16.5. The lowest BCUT2D eigenvalue weighted by Gasteiger charge is -2.03. The van der Waals surface area contributed by atoms with Crippen LogP contribution in [-0.2, 0) is 6.42 Å². The summed E-state index contributed by atoms with van der Waals surface area (Å²) in [6, 6.07) is 8.22. The van der Waals surface area contributed by atoms with Crippen molar-refractivity contribution in [2.24, 2.45) is 0 Å². The van der Waals surface area contributed by atoms with Crippen molar-refractivity contribution in [3.05, 3.63) is 29.8 Å². The summed E-state index contributed by atoms with van der Waals surface area (Å²) in [7, 11) is 0. The molecule has 0 radical (unpaired) electrons. The summed E-state index contributed by atoms with van der Waals surface area (Å²) in [4.78, 5) is 0. The Balaban J connectivity index is -0.000000285. The van der Waals surface area contributed by atoms with Crippen LogP contribution in [0.15, 0.2) is 24.3 Å². The zero-order chi connectivity index (χ0) is 14.1. The average Bonchev–Trinajstić information content (AvgIpc) is 2.46. The molecule has 17 heavy (non-hydrogen) atoms. The molecule has 0 saturated heterocycles. The smallest absolute Gasteiger partial charge is 0.119 e. The normalized spacial score (nSPS) is 7.29. The van der Waals surface area contributed by atoms with E-state index in [0.717, 1.165) is 18.8 Å². The highest BCUT2D eigenvalue weighted by Gasteiger charge is 1.92. The summed E-state index contributed by atoms with van der Waals surface area (Å²) in [5.74, 6) is 0.979. The molecule has 0 saturated carbocycles. The number of benzene rings is 1. The molecule has 0 aliphatic heterocycles. The van der Waals surface area contributed by atoms with Crippen LogP contribution in [-0.4, -0.2) is 6.61 Å². The maximum Gasteiger partial charge on any atom is 0.119 e. The van der Waals surface area contributed by atoms with E-state index in [2.05, 4.69) is 19.1 Å². The Morgan fingerprint density at radius 1 is 0.882 bits per heavy atom. The largest absolute Gasteiger partial charge is 0.494 e. The number of aryl methyl sites for hydroxylation is 1. The number of ether oxygens (including phenoxy) is 1. The van der Waals surface area contributed by atoms with Gasteiger partial charge in [0.2, 0.25) is 0 Å². The second kappa shape index (κ2) is 20.4. The molecule has 0 N–H and O–H groups in total. The number of hydrogen-bond donors (Lipinski definition) is 0. The second-order valence-corrected chi connectivity index (χ2v) is 2.43. The third-order valence-electron chi connectivity index (χ3n) is 1.62. The first-order valence-corrected chi connectivity index (χ1v) is 7.08. The Bertz CT molecular complexity index is 219. The van der Waals surface area contributed by atoms with E-state index in [1.807, 2.05) is 60.6 Å². The standard InChI is InChI=1S/C10H14O.3C2H6/c1-3-9-6-5-7-10(8-9)11-4-2;3*1-2/h5-8H,3-4H2,1-2H3;3*1-2H3. The summed E-state index contributed by atoms with van der Waals surface area (Å²) in [6.07, 6.45) is 1.07. The molecule has 1 aromatic carbocycles. The van der Waals surface area contributed by atoms with Gasteiger partial charge in [0.1, 0.15) is 5.75 Å². The highest BCUT2D eigenvalue weighted by Crippen LogP contribution is 2.12. The summed E-state index contributed by atoms with van der Waals surface area (Å²) in [6.45, 7) is 16.9. The molecule has 0 atom stereocenters. The lowest BCUT2D eigenvalue weighted by Crippen LogP contribution is -1.91. The van der Waals surface area contributed by atoms with Crippen molar-refractivity contribution < 1.29 is 4.74 Å². The quantitative estimate of drug-likeness (QED) is 0.656. The maximum absolute atomic E-state index is 5.35. The second-order valence-electron chi connectivity index (χ2n) is 2.43. The Labute approximate surface area is 109 Å². The molecular formula is C16H32O. The van der Waals surface area contributed by atoms with Gasteiger partial charge in [-0.05, 0) is 31.0 Å². The summed E-state index contributed by atoms with van der Waals surface area (Å²) >= 11 is 0. The highest BCUT2D eigenvalue weighted by molar-refractivity contribution is 5.28. The van der Waals surface area contributed by atoms with Gasteiger partial charge in [-0.1, -0.05) is 60.6 Å². The van der Waals surface area contributed by atoms with Crippen molar-refractivity contribution in [3.8, 4) is 5.75 Å². The first-order chi connectivity index (χ1) is 8.36. The molecule has 1 rings (SSSR count). The SMILES string of the molecule is CC.CC.CC.CCOc1cccc(CC)c1. The van der Waals surface area contributed by atoms with Crippen LogP contribution in [0.1, 0.15) is 61.0 Å². The van der Waals surface area contributed by atoms with Crippen molar-refractivity contribution in [3.63, 3.8) is 0 Å². The Morgan fingerprint density at radius 3 is 1.82 bits per heavy atom. The van der Waals surface area contributed by atoms with Crippen molar-refractivity contribution in [2.75, 3.05) is 6.61 Å². The Morgan fingerprint density at radius 2 is 1.41 bits per heavy atom. The van der Waals surface area contributed by atoms with Crippen LogP contribution in [0.2, 0.25) is 0 Å². The molecule has 0 aromatic heterocycles. The minimum absolute atomic E-state index is 0.743. The van der Waals surface area contributed by atoms with E-state index in [-0.39, 0.29) is 0 Å². The average molecular weight is 240 g/mol. The van der Waals surface area contributed by atoms with Gasteiger partial charge in [0.05, 0.1) is 6.61 Å². The zero-order valence-corrected chi connectivity index (χ0v) is 13.1. The van der Waals surface area contributed by atoms with Crippen LogP contribution in [0.5, 0.6) is 5.75 Å². The van der Waals surface area contributed by atoms with Gasteiger partial charge < -0.3 is 4.74 Å². The third kappa shape index (κ3) is 13.0. The van der Waals surface area contributed by atoms with E-state index in [1.54, 1.807) is 0 Å². The molecule has 0 aliphatic rings. The Kier molecular flexibility index (Phi) is 25.6. The van der Waals surface area contributed by atoms with Gasteiger partial charge in [0.25, 0.3) is 0 Å². The van der Waals surface area contributed by atoms with Crippen LogP contribution in [0.3, 0.4) is 0 Å². The molecule has 0 spiro atoms. The van der Waals surface area contributed by atoms with Crippen LogP contribution in [0.25, 0.3) is 0 Å². The molecule has 1 aromatic rings. The molecule has 1 heteroatoms. The molecular weight excluding hydrogens is 208 g/mol. The fraction of sp³-hybridized carbons (Fsp3) is 0.625. The minimum Gasteiger partial charge on any atom is -0.494 e. The Hall–Kier alpha value is -0.980. The lowest BCUT2D eigenvalue weighted by atomic mass is 10.2. The van der Waals surface area contributed by atoms with E-state index >= 15 is 0 Å². The zero-order valence-electron chi connectivity index (χ0n) is 13.1. The molecule has 102 valence electrons. The van der Waals surface area contributed by atoms with Gasteiger partial charge >= 0.3 is 0 Å². The van der Waals surface area contributed by atoms with Gasteiger partial charge in [-0.2, -0.15) is 0 Å². The van der Waals surface area contributed by atoms with Crippen LogP contribution in [0.4, 0.5) is 0 Å². The third-order valence-corrected chi connectivity index (χ3v) is 1.62. The van der Waals surface area contributed by atoms with Gasteiger partial charge in [-0.15, -0.1) is 0 Å². The van der Waals surface area contributed by atoms with Gasteiger partial charge in [0, 0.05) is 0 Å². The lowest BCUT2D eigenvalue weighted by molar-refractivity contribution is 0.340. The summed E-state index contributed by atoms with van der Waals surface area (Å²) in [5.41, 5.74) is 1.33. The first kappa shape index (κ1) is 21.3. The molecule has 0 aliphatic carbocycles. The maximum atomic E-state index is 5.35. The van der Waals surface area contributed by atoms with E-state index in [9.17, 15) is 0 Å². The van der Waals surface area contributed by atoms with Crippen LogP contribution >= 0.6 is 0 Å². The van der Waals surface area contributed by atoms with Gasteiger partial charge in [0.15, 0.2) is 0 Å². The van der Waals surface area contributed by atoms with E-state index in [1.165, 1.54) is 5.56 Å². The molecule has 0 amide bonds. The molecule has 0 bridgehead atoms. The predicted octanol–water partition coefficient (Wildman–Crippen LogP) is 5.73. The molecule has 0 unspecified atom stereocenters. The first-order valence-electron chi connectivity index (χ1n) is 7.08.